The minimum Gasteiger partial charge on any atom is -0.369 e. The molecule has 0 bridgehead atoms. The second-order valence-corrected chi connectivity index (χ2v) is 7.67. The van der Waals surface area contributed by atoms with E-state index in [0.29, 0.717) is 6.61 Å². The maximum atomic E-state index is 6.03. The lowest BCUT2D eigenvalue weighted by molar-refractivity contribution is -0.0340. The molecule has 0 amide bonds. The summed E-state index contributed by atoms with van der Waals surface area (Å²) in [4.78, 5) is 7.99. The van der Waals surface area contributed by atoms with Gasteiger partial charge in [-0.1, -0.05) is 23.4 Å². The van der Waals surface area contributed by atoms with E-state index in [1.54, 1.807) is 17.5 Å². The predicted octanol–water partition coefficient (Wildman–Crippen LogP) is 3.43. The number of hydrogen-bond acceptors (Lipinski definition) is 6. The van der Waals surface area contributed by atoms with Crippen molar-refractivity contribution in [2.45, 2.75) is 12.6 Å². The van der Waals surface area contributed by atoms with E-state index in [1.165, 1.54) is 4.88 Å². The number of fused-ring (bicyclic) bond motifs is 1. The van der Waals surface area contributed by atoms with E-state index < -0.39 is 0 Å². The number of ether oxygens (including phenoxy) is 1. The second-order valence-electron chi connectivity index (χ2n) is 6.64. The van der Waals surface area contributed by atoms with Crippen LogP contribution in [-0.4, -0.2) is 44.4 Å². The monoisotopic (exact) mass is 377 g/mol. The number of hydrogen-bond donors (Lipinski definition) is 0. The van der Waals surface area contributed by atoms with Gasteiger partial charge in [-0.15, -0.1) is 16.4 Å². The van der Waals surface area contributed by atoms with Crippen LogP contribution < -0.4 is 0 Å². The summed E-state index contributed by atoms with van der Waals surface area (Å²) in [6.45, 7) is 3.44. The molecule has 136 valence electrons. The fourth-order valence-corrected chi connectivity index (χ4v) is 4.23. The third-order valence-corrected chi connectivity index (χ3v) is 5.71. The minimum atomic E-state index is -0.0551. The fourth-order valence-electron chi connectivity index (χ4n) is 3.48. The molecule has 4 aromatic heterocycles. The molecule has 0 aliphatic carbocycles. The first-order chi connectivity index (χ1) is 13.4. The highest BCUT2D eigenvalue weighted by molar-refractivity contribution is 7.09. The highest BCUT2D eigenvalue weighted by Crippen LogP contribution is 2.27. The van der Waals surface area contributed by atoms with Crippen LogP contribution in [-0.2, 0) is 11.3 Å². The van der Waals surface area contributed by atoms with Crippen LogP contribution in [0.5, 0.6) is 0 Å². The largest absolute Gasteiger partial charge is 0.369 e. The van der Waals surface area contributed by atoms with E-state index in [4.69, 9.17) is 4.74 Å². The van der Waals surface area contributed by atoms with Crippen molar-refractivity contribution in [3.63, 3.8) is 0 Å². The topological polar surface area (TPSA) is 55.5 Å². The lowest BCUT2D eigenvalue weighted by atomic mass is 10.1. The molecule has 1 aliphatic heterocycles. The van der Waals surface area contributed by atoms with Gasteiger partial charge in [0.1, 0.15) is 11.8 Å². The van der Waals surface area contributed by atoms with Gasteiger partial charge in [0.25, 0.3) is 0 Å². The fraction of sp³-hybridized carbons (Fsp3) is 0.250. The third kappa shape index (κ3) is 3.37. The highest BCUT2D eigenvalue weighted by atomic mass is 32.1. The van der Waals surface area contributed by atoms with Crippen LogP contribution in [0.4, 0.5) is 0 Å². The van der Waals surface area contributed by atoms with Crippen LogP contribution in [0, 0.1) is 0 Å². The van der Waals surface area contributed by atoms with Crippen LogP contribution in [0.25, 0.3) is 16.6 Å². The Balaban J connectivity index is 1.39. The smallest absolute Gasteiger partial charge is 0.121 e. The van der Waals surface area contributed by atoms with Gasteiger partial charge in [0.15, 0.2) is 0 Å². The molecule has 0 unspecified atom stereocenters. The molecule has 0 aromatic carbocycles. The number of morpholine rings is 1. The Kier molecular flexibility index (Phi) is 4.41. The molecule has 0 N–H and O–H groups in total. The zero-order chi connectivity index (χ0) is 18.1. The first-order valence-corrected chi connectivity index (χ1v) is 9.86. The number of aromatic nitrogens is 4. The molecule has 5 heterocycles. The lowest BCUT2D eigenvalue weighted by Gasteiger charge is -2.31. The van der Waals surface area contributed by atoms with Crippen LogP contribution in [0.1, 0.15) is 16.7 Å². The molecule has 1 atom stereocenters. The van der Waals surface area contributed by atoms with Crippen molar-refractivity contribution < 1.29 is 4.74 Å². The summed E-state index contributed by atoms with van der Waals surface area (Å²) in [7, 11) is 0. The Labute approximate surface area is 161 Å². The molecule has 0 saturated carbocycles. The maximum absolute atomic E-state index is 6.03. The second kappa shape index (κ2) is 7.19. The molecule has 6 nitrogen and oxygen atoms in total. The van der Waals surface area contributed by atoms with E-state index in [9.17, 15) is 0 Å². The summed E-state index contributed by atoms with van der Waals surface area (Å²) in [6.07, 6.45) is 5.57. The first kappa shape index (κ1) is 16.6. The molecule has 1 aliphatic rings. The van der Waals surface area contributed by atoms with Gasteiger partial charge in [0.05, 0.1) is 12.1 Å². The summed E-state index contributed by atoms with van der Waals surface area (Å²) >= 11 is 1.80. The lowest BCUT2D eigenvalue weighted by Crippen LogP contribution is -2.37. The number of rotatable bonds is 4. The quantitative estimate of drug-likeness (QED) is 0.545. The Hall–Kier alpha value is -2.61. The summed E-state index contributed by atoms with van der Waals surface area (Å²) in [6, 6.07) is 12.4. The molecule has 5 rings (SSSR count). The van der Waals surface area contributed by atoms with Gasteiger partial charge in [-0.25, -0.2) is 4.52 Å². The molecule has 7 heteroatoms. The highest BCUT2D eigenvalue weighted by Gasteiger charge is 2.26. The average molecular weight is 377 g/mol. The zero-order valence-electron chi connectivity index (χ0n) is 14.7. The molecule has 0 radical (unpaired) electrons. The van der Waals surface area contributed by atoms with E-state index >= 15 is 0 Å². The minimum absolute atomic E-state index is 0.0551. The third-order valence-electron chi connectivity index (χ3n) is 4.85. The predicted molar refractivity (Wildman–Crippen MR) is 105 cm³/mol. The van der Waals surface area contributed by atoms with Gasteiger partial charge in [0.2, 0.25) is 0 Å². The van der Waals surface area contributed by atoms with Crippen molar-refractivity contribution in [3.8, 4) is 11.1 Å². The van der Waals surface area contributed by atoms with Crippen LogP contribution in [0.3, 0.4) is 0 Å². The Morgan fingerprint density at radius 1 is 1.15 bits per heavy atom. The van der Waals surface area contributed by atoms with Crippen LogP contribution in [0.15, 0.2) is 60.4 Å². The average Bonchev–Trinajstić information content (AvgIpc) is 3.38. The van der Waals surface area contributed by atoms with Crippen LogP contribution in [0.2, 0.25) is 0 Å². The number of pyridine rings is 2. The molecule has 1 fully saturated rings. The Bertz CT molecular complexity index is 1030. The molecule has 4 aromatic rings. The summed E-state index contributed by atoms with van der Waals surface area (Å²) in [5, 5.41) is 10.9. The number of thiophene rings is 1. The number of nitrogens with zero attached hydrogens (tertiary/aromatic N) is 5. The summed E-state index contributed by atoms with van der Waals surface area (Å²) in [5.41, 5.74) is 4.03. The molecule has 1 saturated heterocycles. The van der Waals surface area contributed by atoms with Crippen molar-refractivity contribution >= 4 is 16.9 Å². The SMILES string of the molecule is c1cncc(-c2ccc3c([C@H]4CN(Cc5cccs5)CCO4)nnn3c2)c1. The zero-order valence-corrected chi connectivity index (χ0v) is 15.5. The molecule has 27 heavy (non-hydrogen) atoms. The van der Waals surface area contributed by atoms with E-state index in [1.807, 2.05) is 29.0 Å². The van der Waals surface area contributed by atoms with Gasteiger partial charge < -0.3 is 4.74 Å². The van der Waals surface area contributed by atoms with E-state index in [-0.39, 0.29) is 6.10 Å². The van der Waals surface area contributed by atoms with Crippen molar-refractivity contribution in [3.05, 3.63) is 70.9 Å². The first-order valence-electron chi connectivity index (χ1n) is 8.98. The Morgan fingerprint density at radius 2 is 2.15 bits per heavy atom. The van der Waals surface area contributed by atoms with Crippen molar-refractivity contribution in [1.82, 2.24) is 24.7 Å². The van der Waals surface area contributed by atoms with Crippen molar-refractivity contribution in [1.29, 1.82) is 0 Å². The summed E-state index contributed by atoms with van der Waals surface area (Å²) in [5.74, 6) is 0. The van der Waals surface area contributed by atoms with E-state index in [0.717, 1.165) is 42.0 Å². The Morgan fingerprint density at radius 3 is 3.00 bits per heavy atom. The maximum Gasteiger partial charge on any atom is 0.121 e. The normalized spacial score (nSPS) is 18.1. The van der Waals surface area contributed by atoms with Gasteiger partial charge in [-0.2, -0.15) is 0 Å². The summed E-state index contributed by atoms with van der Waals surface area (Å²) < 4.78 is 7.86. The van der Waals surface area contributed by atoms with E-state index in [2.05, 4.69) is 49.8 Å². The molecule has 0 spiro atoms. The van der Waals surface area contributed by atoms with Crippen molar-refractivity contribution in [2.75, 3.05) is 19.7 Å². The molecular weight excluding hydrogens is 358 g/mol. The van der Waals surface area contributed by atoms with Gasteiger partial charge >= 0.3 is 0 Å². The van der Waals surface area contributed by atoms with Gasteiger partial charge in [-0.3, -0.25) is 9.88 Å². The molecular formula is C20H19N5OS. The van der Waals surface area contributed by atoms with Gasteiger partial charge in [0, 0.05) is 54.2 Å². The standard InChI is InChI=1S/C20H19N5OS/c1-3-15(11-21-7-1)16-5-6-18-20(22-23-25(18)12-16)19-14-24(8-9-26-19)13-17-4-2-10-27-17/h1-7,10-12,19H,8-9,13-14H2/t19-/m1/s1. The van der Waals surface area contributed by atoms with Gasteiger partial charge in [-0.05, 0) is 23.6 Å². The van der Waals surface area contributed by atoms with Crippen LogP contribution >= 0.6 is 11.3 Å². The van der Waals surface area contributed by atoms with Crippen molar-refractivity contribution in [2.24, 2.45) is 0 Å².